The lowest BCUT2D eigenvalue weighted by atomic mass is 9.78. The van der Waals surface area contributed by atoms with Crippen molar-refractivity contribution in [1.82, 2.24) is 43.6 Å². The molecule has 0 saturated heterocycles. The highest BCUT2D eigenvalue weighted by Gasteiger charge is 2.43. The van der Waals surface area contributed by atoms with E-state index in [0.29, 0.717) is 53.1 Å². The summed E-state index contributed by atoms with van der Waals surface area (Å²) in [7, 11) is 0. The first-order valence-corrected chi connectivity index (χ1v) is 26.4. The molecule has 6 aromatic heterocycles. The van der Waals surface area contributed by atoms with Crippen molar-refractivity contribution in [3.8, 4) is 6.07 Å². The molecule has 18 nitrogen and oxygen atoms in total. The molecule has 0 radical (unpaired) electrons. The number of carbonyl (C=O) groups is 3. The Hall–Kier alpha value is -6.32. The third kappa shape index (κ3) is 11.4. The Balaban J connectivity index is 0.000000135. The monoisotopic (exact) mass is 996 g/mol. The molecule has 5 saturated carbocycles. The zero-order valence-electron chi connectivity index (χ0n) is 44.1. The summed E-state index contributed by atoms with van der Waals surface area (Å²) < 4.78 is 6.19. The van der Waals surface area contributed by atoms with Gasteiger partial charge in [-0.25, -0.2) is 29.9 Å². The van der Waals surface area contributed by atoms with Gasteiger partial charge in [0.05, 0.1) is 35.3 Å². The molecule has 6 aromatic rings. The van der Waals surface area contributed by atoms with Gasteiger partial charge in [0.1, 0.15) is 22.6 Å². The summed E-state index contributed by atoms with van der Waals surface area (Å²) in [5.74, 6) is 1.73. The molecule has 18 heteroatoms. The van der Waals surface area contributed by atoms with Gasteiger partial charge in [0, 0.05) is 35.4 Å². The molecule has 5 aliphatic carbocycles. The van der Waals surface area contributed by atoms with Crippen molar-refractivity contribution < 1.29 is 24.6 Å². The number of pyridine rings is 3. The number of anilines is 3. The van der Waals surface area contributed by atoms with Gasteiger partial charge in [-0.15, -0.1) is 0 Å². The van der Waals surface area contributed by atoms with E-state index >= 15 is 0 Å². The molecule has 0 aliphatic heterocycles. The van der Waals surface area contributed by atoms with E-state index < -0.39 is 11.2 Å². The number of nitrogens with zero attached hydrogens (tertiary/aromatic N) is 10. The maximum atomic E-state index is 12.5. The third-order valence-electron chi connectivity index (χ3n) is 15.5. The lowest BCUT2D eigenvalue weighted by Gasteiger charge is -2.40. The van der Waals surface area contributed by atoms with Crippen LogP contribution in [-0.2, 0) is 19.9 Å². The molecule has 0 aromatic carbocycles. The average Bonchev–Trinajstić information content (AvgIpc) is 4.19. The summed E-state index contributed by atoms with van der Waals surface area (Å²) in [5, 5.41) is 38.9. The van der Waals surface area contributed by atoms with Crippen molar-refractivity contribution in [2.24, 2.45) is 17.3 Å². The Labute approximate surface area is 427 Å². The first kappa shape index (κ1) is 51.6. The van der Waals surface area contributed by atoms with Crippen LogP contribution in [-0.4, -0.2) is 82.7 Å². The number of nitriles is 1. The molecule has 0 unspecified atom stereocenters. The average molecular weight is 996 g/mol. The van der Waals surface area contributed by atoms with Gasteiger partial charge in [-0.05, 0) is 173 Å². The number of nitrogens with one attached hydrogen (secondary N) is 3. The van der Waals surface area contributed by atoms with Crippen LogP contribution in [0.1, 0.15) is 179 Å². The Kier molecular flexibility index (Phi) is 14.0. The molecular weight excluding hydrogens is 923 g/mol. The van der Waals surface area contributed by atoms with Crippen LogP contribution in [0.25, 0.3) is 33.5 Å². The molecule has 73 heavy (non-hydrogen) atoms. The van der Waals surface area contributed by atoms with Crippen molar-refractivity contribution in [3.05, 3.63) is 53.0 Å². The van der Waals surface area contributed by atoms with E-state index in [1.807, 2.05) is 70.4 Å². The summed E-state index contributed by atoms with van der Waals surface area (Å²) in [6, 6.07) is 12.3. The number of rotatable bonds is 13. The van der Waals surface area contributed by atoms with Gasteiger partial charge in [-0.2, -0.15) is 5.26 Å². The van der Waals surface area contributed by atoms with E-state index in [2.05, 4.69) is 68.0 Å². The molecule has 11 rings (SSSR count). The number of hydrogen-bond donors (Lipinski definition) is 5. The Morgan fingerprint density at radius 2 is 1.05 bits per heavy atom. The van der Waals surface area contributed by atoms with Crippen molar-refractivity contribution >= 4 is 69.1 Å². The van der Waals surface area contributed by atoms with E-state index in [-0.39, 0.29) is 53.4 Å². The maximum Gasteiger partial charge on any atom is 0.229 e. The van der Waals surface area contributed by atoms with Crippen LogP contribution in [0.5, 0.6) is 0 Å². The second-order valence-corrected chi connectivity index (χ2v) is 23.6. The fourth-order valence-corrected chi connectivity index (χ4v) is 10.3. The van der Waals surface area contributed by atoms with E-state index in [0.717, 1.165) is 104 Å². The lowest BCUT2D eigenvalue weighted by Crippen LogP contribution is -2.39. The van der Waals surface area contributed by atoms with E-state index in [9.17, 15) is 29.9 Å². The highest BCUT2D eigenvalue weighted by atomic mass is 16.3. The number of aliphatic hydroxyl groups is 2. The standard InChI is InChI=1S/C19H26N4O2.C18H23N5O.C18H24N4O2/c1-12-5-8-14-16(20-12)23(18(2)9-4-10-18)17(21-14)22-15(24)11-19(3,25)13-6-7-13;1-11-12(10-19)8-14-16(20-11)23(13-6-5-7-13)17(21-14)22-15(24)9-18(2,3)4;1-11-6-9-14-16(19-11)22(13-4-3-5-13)17(20-14)21-15(23)10-18(2,24)12-7-8-12/h5,8,13,25H,4,6-7,9-11H2,1-3H3,(H,21,22,24);8,13H,5-7,9H2,1-4H3,(H,21,22,24);6,9,12-13,24H,3-5,7-8,10H2,1-2H3,(H,20,21,23)/t19-;;18-/m0.0/s1. The molecule has 5 N–H and O–H groups in total. The molecular formula is C55H73N13O5. The number of amides is 3. The molecule has 0 spiro atoms. The summed E-state index contributed by atoms with van der Waals surface area (Å²) >= 11 is 0. The lowest BCUT2D eigenvalue weighted by molar-refractivity contribution is -0.122. The zero-order chi connectivity index (χ0) is 52.2. The van der Waals surface area contributed by atoms with Gasteiger partial charge in [0.15, 0.2) is 16.9 Å². The second kappa shape index (κ2) is 19.8. The minimum atomic E-state index is -0.934. The smallest absolute Gasteiger partial charge is 0.229 e. The minimum absolute atomic E-state index is 0.0457. The Morgan fingerprint density at radius 3 is 1.49 bits per heavy atom. The van der Waals surface area contributed by atoms with Gasteiger partial charge in [-0.1, -0.05) is 20.8 Å². The van der Waals surface area contributed by atoms with E-state index in [4.69, 9.17) is 0 Å². The minimum Gasteiger partial charge on any atom is -0.389 e. The number of aryl methyl sites for hydroxylation is 3. The highest BCUT2D eigenvalue weighted by molar-refractivity contribution is 5.93. The van der Waals surface area contributed by atoms with Crippen molar-refractivity contribution in [3.63, 3.8) is 0 Å². The van der Waals surface area contributed by atoms with Crippen molar-refractivity contribution in [1.29, 1.82) is 5.26 Å². The number of imidazole rings is 3. The largest absolute Gasteiger partial charge is 0.389 e. The van der Waals surface area contributed by atoms with Crippen LogP contribution >= 0.6 is 0 Å². The van der Waals surface area contributed by atoms with Gasteiger partial charge < -0.3 is 10.2 Å². The van der Waals surface area contributed by atoms with Crippen molar-refractivity contribution in [2.45, 2.75) is 194 Å². The second-order valence-electron chi connectivity index (χ2n) is 23.6. The summed E-state index contributed by atoms with van der Waals surface area (Å²) in [6.45, 7) is 17.6. The first-order valence-electron chi connectivity index (χ1n) is 26.4. The van der Waals surface area contributed by atoms with Crippen LogP contribution in [0.4, 0.5) is 17.8 Å². The zero-order valence-corrected chi connectivity index (χ0v) is 44.1. The predicted molar refractivity (Wildman–Crippen MR) is 281 cm³/mol. The number of carbonyl (C=O) groups excluding carboxylic acids is 3. The van der Waals surface area contributed by atoms with Crippen molar-refractivity contribution in [2.75, 3.05) is 16.0 Å². The fourth-order valence-electron chi connectivity index (χ4n) is 10.3. The number of fused-ring (bicyclic) bond motifs is 3. The third-order valence-corrected chi connectivity index (χ3v) is 15.5. The molecule has 2 atom stereocenters. The van der Waals surface area contributed by atoms with Crippen LogP contribution in [0.15, 0.2) is 30.3 Å². The predicted octanol–water partition coefficient (Wildman–Crippen LogP) is 9.79. The molecule has 388 valence electrons. The molecule has 5 aliphatic rings. The van der Waals surface area contributed by atoms with E-state index in [1.54, 1.807) is 19.9 Å². The maximum absolute atomic E-state index is 12.5. The van der Waals surface area contributed by atoms with Gasteiger partial charge in [-0.3, -0.25) is 44.0 Å². The van der Waals surface area contributed by atoms with Gasteiger partial charge in [0.25, 0.3) is 0 Å². The summed E-state index contributed by atoms with van der Waals surface area (Å²) in [5.41, 5.74) is 5.77. The fraction of sp³-hybridized carbons (Fsp3) is 0.600. The topological polar surface area (TPSA) is 244 Å². The number of hydrogen-bond acceptors (Lipinski definition) is 12. The molecule has 3 amide bonds. The Bertz CT molecular complexity index is 3110. The summed E-state index contributed by atoms with van der Waals surface area (Å²) in [6.07, 6.45) is 14.6. The molecule has 6 heterocycles. The van der Waals surface area contributed by atoms with Crippen LogP contribution in [0.3, 0.4) is 0 Å². The molecule has 0 bridgehead atoms. The number of aromatic nitrogens is 9. The quantitative estimate of drug-likeness (QED) is 0.0726. The summed E-state index contributed by atoms with van der Waals surface area (Å²) in [4.78, 5) is 64.9. The van der Waals surface area contributed by atoms with Crippen LogP contribution < -0.4 is 16.0 Å². The SMILES string of the molecule is Cc1ccc2nc(NC(=O)C[C@](C)(O)C3CC3)n(C3(C)CCC3)c2n1.Cc1ccc2nc(NC(=O)C[C@](C)(O)C3CC3)n(C3CCC3)c2n1.Cc1nc2c(cc1C#N)nc(NC(=O)CC(C)(C)C)n2C1CCC1. The van der Waals surface area contributed by atoms with Gasteiger partial charge in [0.2, 0.25) is 35.6 Å². The Morgan fingerprint density at radius 1 is 0.616 bits per heavy atom. The normalized spacial score (nSPS) is 19.2. The van der Waals surface area contributed by atoms with Crippen LogP contribution in [0, 0.1) is 49.4 Å². The van der Waals surface area contributed by atoms with Gasteiger partial charge >= 0.3 is 0 Å². The highest BCUT2D eigenvalue weighted by Crippen LogP contribution is 2.45. The van der Waals surface area contributed by atoms with Crippen LogP contribution in [0.2, 0.25) is 0 Å². The molecule has 5 fully saturated rings. The first-order chi connectivity index (χ1) is 34.5. The van der Waals surface area contributed by atoms with E-state index in [1.165, 1.54) is 19.3 Å².